The molecule has 0 fully saturated rings. The summed E-state index contributed by atoms with van der Waals surface area (Å²) < 4.78 is 37.8. The van der Waals surface area contributed by atoms with E-state index in [0.717, 1.165) is 5.56 Å². The lowest BCUT2D eigenvalue weighted by Crippen LogP contribution is -2.26. The van der Waals surface area contributed by atoms with Gasteiger partial charge >= 0.3 is 0 Å². The molecular formula is C23H20ClF2NO3. The van der Waals surface area contributed by atoms with Crippen LogP contribution in [-0.4, -0.2) is 13.0 Å². The van der Waals surface area contributed by atoms with Crippen LogP contribution in [-0.2, 0) is 17.9 Å². The number of benzene rings is 3. The van der Waals surface area contributed by atoms with Gasteiger partial charge in [0.05, 0.1) is 7.11 Å². The Morgan fingerprint density at radius 1 is 1.03 bits per heavy atom. The van der Waals surface area contributed by atoms with Crippen LogP contribution in [0.4, 0.5) is 8.78 Å². The minimum Gasteiger partial charge on any atom is -0.493 e. The van der Waals surface area contributed by atoms with Gasteiger partial charge in [-0.05, 0) is 41.5 Å². The maximum Gasteiger partial charge on any atom is 0.242 e. The van der Waals surface area contributed by atoms with Crippen molar-refractivity contribution in [2.24, 2.45) is 0 Å². The van der Waals surface area contributed by atoms with Crippen molar-refractivity contribution in [1.82, 2.24) is 5.32 Å². The molecule has 1 unspecified atom stereocenters. The molecule has 0 spiro atoms. The van der Waals surface area contributed by atoms with Crippen LogP contribution in [0, 0.1) is 11.6 Å². The Morgan fingerprint density at radius 2 is 1.77 bits per heavy atom. The standard InChI is InChI=1S/C23H20ClF2NO3/c1-29-21-12-15(6-11-20(21)30-14-17-4-2-3-5-19(17)26)13-27-23(28)22(24)16-7-9-18(25)10-8-16/h2-12,22H,13-14H2,1H3,(H,27,28). The van der Waals surface area contributed by atoms with E-state index in [1.807, 2.05) is 0 Å². The second kappa shape index (κ2) is 10.1. The second-order valence-electron chi connectivity index (χ2n) is 6.50. The minimum absolute atomic E-state index is 0.0602. The number of halogens is 3. The SMILES string of the molecule is COc1cc(CNC(=O)C(Cl)c2ccc(F)cc2)ccc1OCc1ccccc1F. The quantitative estimate of drug-likeness (QED) is 0.502. The van der Waals surface area contributed by atoms with Crippen molar-refractivity contribution < 1.29 is 23.0 Å². The first kappa shape index (κ1) is 21.6. The summed E-state index contributed by atoms with van der Waals surface area (Å²) in [5.74, 6) is -0.224. The molecule has 0 bridgehead atoms. The van der Waals surface area contributed by atoms with Crippen LogP contribution >= 0.6 is 11.6 Å². The molecule has 0 aromatic heterocycles. The first-order chi connectivity index (χ1) is 14.5. The van der Waals surface area contributed by atoms with Crippen LogP contribution < -0.4 is 14.8 Å². The predicted molar refractivity (Wildman–Crippen MR) is 111 cm³/mol. The van der Waals surface area contributed by atoms with E-state index in [4.69, 9.17) is 21.1 Å². The third-order valence-electron chi connectivity index (χ3n) is 4.43. The maximum atomic E-state index is 13.7. The van der Waals surface area contributed by atoms with Gasteiger partial charge < -0.3 is 14.8 Å². The van der Waals surface area contributed by atoms with E-state index in [0.29, 0.717) is 22.6 Å². The normalized spacial score (nSPS) is 11.6. The van der Waals surface area contributed by atoms with Crippen LogP contribution in [0.25, 0.3) is 0 Å². The lowest BCUT2D eigenvalue weighted by atomic mass is 10.1. The van der Waals surface area contributed by atoms with Gasteiger partial charge in [0.1, 0.15) is 23.6 Å². The molecule has 7 heteroatoms. The molecule has 1 amide bonds. The summed E-state index contributed by atoms with van der Waals surface area (Å²) in [6.45, 7) is 0.276. The van der Waals surface area contributed by atoms with Crippen LogP contribution in [0.15, 0.2) is 66.7 Å². The second-order valence-corrected chi connectivity index (χ2v) is 6.93. The monoisotopic (exact) mass is 431 g/mol. The first-order valence-corrected chi connectivity index (χ1v) is 9.62. The van der Waals surface area contributed by atoms with Crippen LogP contribution in [0.1, 0.15) is 22.1 Å². The third-order valence-corrected chi connectivity index (χ3v) is 4.88. The highest BCUT2D eigenvalue weighted by Crippen LogP contribution is 2.29. The number of hydrogen-bond donors (Lipinski definition) is 1. The molecule has 4 nitrogen and oxygen atoms in total. The van der Waals surface area contributed by atoms with Crippen molar-refractivity contribution in [3.63, 3.8) is 0 Å². The lowest BCUT2D eigenvalue weighted by Gasteiger charge is -2.14. The van der Waals surface area contributed by atoms with Gasteiger partial charge in [-0.2, -0.15) is 0 Å². The van der Waals surface area contributed by atoms with E-state index < -0.39 is 17.1 Å². The zero-order valence-corrected chi connectivity index (χ0v) is 17.0. The van der Waals surface area contributed by atoms with Crippen molar-refractivity contribution in [1.29, 1.82) is 0 Å². The average Bonchev–Trinajstić information content (AvgIpc) is 2.77. The molecule has 3 aromatic carbocycles. The van der Waals surface area contributed by atoms with Crippen molar-refractivity contribution in [3.8, 4) is 11.5 Å². The smallest absolute Gasteiger partial charge is 0.242 e. The van der Waals surface area contributed by atoms with E-state index in [9.17, 15) is 13.6 Å². The number of hydrogen-bond acceptors (Lipinski definition) is 3. The number of carbonyl (C=O) groups excluding carboxylic acids is 1. The molecule has 1 atom stereocenters. The maximum absolute atomic E-state index is 13.7. The molecule has 30 heavy (non-hydrogen) atoms. The molecule has 0 radical (unpaired) electrons. The van der Waals surface area contributed by atoms with E-state index in [1.165, 1.54) is 37.4 Å². The number of alkyl halides is 1. The van der Waals surface area contributed by atoms with Crippen LogP contribution in [0.5, 0.6) is 11.5 Å². The fraction of sp³-hybridized carbons (Fsp3) is 0.174. The summed E-state index contributed by atoms with van der Waals surface area (Å²) in [5, 5.41) is 1.80. The van der Waals surface area contributed by atoms with Gasteiger partial charge in [0.15, 0.2) is 11.5 Å². The molecule has 0 saturated heterocycles. The Bertz CT molecular complexity index is 1010. The molecule has 0 saturated carbocycles. The Labute approximate surface area is 178 Å². The number of methoxy groups -OCH3 is 1. The van der Waals surface area contributed by atoms with Gasteiger partial charge in [-0.1, -0.05) is 36.4 Å². The van der Waals surface area contributed by atoms with E-state index >= 15 is 0 Å². The molecule has 0 aliphatic heterocycles. The summed E-state index contributed by atoms with van der Waals surface area (Å²) in [4.78, 5) is 12.3. The van der Waals surface area contributed by atoms with Gasteiger partial charge in [-0.3, -0.25) is 4.79 Å². The molecule has 0 aliphatic rings. The molecule has 3 rings (SSSR count). The lowest BCUT2D eigenvalue weighted by molar-refractivity contribution is -0.121. The predicted octanol–water partition coefficient (Wildman–Crippen LogP) is 5.15. The molecular weight excluding hydrogens is 412 g/mol. The van der Waals surface area contributed by atoms with Crippen LogP contribution in [0.2, 0.25) is 0 Å². The summed E-state index contributed by atoms with van der Waals surface area (Å²) in [6.07, 6.45) is 0. The van der Waals surface area contributed by atoms with Crippen molar-refractivity contribution in [2.75, 3.05) is 7.11 Å². The summed E-state index contributed by atoms with van der Waals surface area (Å²) in [6, 6.07) is 17.0. The number of amides is 1. The molecule has 0 aliphatic carbocycles. The third kappa shape index (κ3) is 5.48. The largest absolute Gasteiger partial charge is 0.493 e. The number of rotatable bonds is 8. The summed E-state index contributed by atoms with van der Waals surface area (Å²) in [7, 11) is 1.50. The van der Waals surface area contributed by atoms with Gasteiger partial charge in [0.2, 0.25) is 5.91 Å². The summed E-state index contributed by atoms with van der Waals surface area (Å²) in [5.41, 5.74) is 1.70. The zero-order chi connectivity index (χ0) is 21.5. The molecule has 3 aromatic rings. The van der Waals surface area contributed by atoms with Crippen LogP contribution in [0.3, 0.4) is 0 Å². The average molecular weight is 432 g/mol. The first-order valence-electron chi connectivity index (χ1n) is 9.18. The zero-order valence-electron chi connectivity index (χ0n) is 16.2. The number of ether oxygens (including phenoxy) is 2. The highest BCUT2D eigenvalue weighted by Gasteiger charge is 2.17. The van der Waals surface area contributed by atoms with Gasteiger partial charge in [-0.15, -0.1) is 11.6 Å². The van der Waals surface area contributed by atoms with E-state index in [2.05, 4.69) is 5.32 Å². The molecule has 156 valence electrons. The minimum atomic E-state index is -0.934. The van der Waals surface area contributed by atoms with Gasteiger partial charge in [0.25, 0.3) is 0 Å². The number of carbonyl (C=O) groups is 1. The van der Waals surface area contributed by atoms with E-state index in [-0.39, 0.29) is 19.0 Å². The Kier molecular flexibility index (Phi) is 7.25. The number of nitrogens with one attached hydrogen (secondary N) is 1. The Hall–Kier alpha value is -3.12. The van der Waals surface area contributed by atoms with Crippen molar-refractivity contribution >= 4 is 17.5 Å². The fourth-order valence-electron chi connectivity index (χ4n) is 2.77. The van der Waals surface area contributed by atoms with Crippen molar-refractivity contribution in [2.45, 2.75) is 18.5 Å². The molecule has 0 heterocycles. The van der Waals surface area contributed by atoms with Gasteiger partial charge in [0, 0.05) is 12.1 Å². The molecule has 1 N–H and O–H groups in total. The highest BCUT2D eigenvalue weighted by atomic mass is 35.5. The highest BCUT2D eigenvalue weighted by molar-refractivity contribution is 6.30. The Balaban J connectivity index is 1.61. The fourth-order valence-corrected chi connectivity index (χ4v) is 3.00. The summed E-state index contributed by atoms with van der Waals surface area (Å²) >= 11 is 6.16. The van der Waals surface area contributed by atoms with Gasteiger partial charge in [-0.25, -0.2) is 8.78 Å². The van der Waals surface area contributed by atoms with E-state index in [1.54, 1.807) is 36.4 Å². The van der Waals surface area contributed by atoms with Crippen molar-refractivity contribution in [3.05, 3.63) is 95.1 Å². The topological polar surface area (TPSA) is 47.6 Å². The Morgan fingerprint density at radius 3 is 2.47 bits per heavy atom.